The van der Waals surface area contributed by atoms with Crippen LogP contribution in [0.2, 0.25) is 17.3 Å². The predicted octanol–water partition coefficient (Wildman–Crippen LogP) is -2.92. The second-order valence-corrected chi connectivity index (χ2v) is 16.7. The van der Waals surface area contributed by atoms with Crippen LogP contribution < -0.4 is 28.6 Å². The first kappa shape index (κ1) is 19.3. The molecule has 0 unspecified atom stereocenters. The Balaban J connectivity index is 0. The van der Waals surface area contributed by atoms with Crippen molar-refractivity contribution in [1.29, 1.82) is 0 Å². The summed E-state index contributed by atoms with van der Waals surface area (Å²) >= 11 is -1.10. The molecule has 0 atom stereocenters. The summed E-state index contributed by atoms with van der Waals surface area (Å²) in [4.78, 5) is 0. The number of nitrogens with one attached hydrogen (secondary N) is 1. The zero-order valence-electron chi connectivity index (χ0n) is 10.6. The summed E-state index contributed by atoms with van der Waals surface area (Å²) in [6.07, 6.45) is 9.03. The van der Waals surface area contributed by atoms with Gasteiger partial charge in [0.2, 0.25) is 0 Å². The van der Waals surface area contributed by atoms with Crippen molar-refractivity contribution in [3.05, 3.63) is 24.3 Å². The topological polar surface area (TPSA) is 12.0 Å². The summed E-state index contributed by atoms with van der Waals surface area (Å²) in [5.74, 6) is 0. The molecule has 0 radical (unpaired) electrons. The number of allylic oxidation sites excluding steroid dienone is 4. The summed E-state index contributed by atoms with van der Waals surface area (Å²) in [6, 6.07) is 0. The molecular weight excluding hydrogens is 293 g/mol. The Morgan fingerprint density at radius 2 is 1.50 bits per heavy atom. The van der Waals surface area contributed by atoms with E-state index in [1.807, 2.05) is 0 Å². The molecule has 1 nitrogen and oxygen atoms in total. The molecule has 0 aromatic heterocycles. The smallest absolute Gasteiger partial charge is 1.00 e. The van der Waals surface area contributed by atoms with Crippen LogP contribution in [0.15, 0.2) is 24.3 Å². The van der Waals surface area contributed by atoms with Crippen molar-refractivity contribution >= 4 is 6.19 Å². The largest absolute Gasteiger partial charge is 1.00 e. The molecule has 0 fully saturated rings. The molecule has 0 amide bonds. The monoisotopic (exact) mass is 313 g/mol. The fourth-order valence-corrected chi connectivity index (χ4v) is 11.6. The van der Waals surface area contributed by atoms with Crippen LogP contribution in [0.4, 0.5) is 0 Å². The molecule has 0 aromatic carbocycles. The van der Waals surface area contributed by atoms with Gasteiger partial charge in [0, 0.05) is 0 Å². The minimum Gasteiger partial charge on any atom is -1.00 e. The molecule has 1 aliphatic rings. The van der Waals surface area contributed by atoms with E-state index in [4.69, 9.17) is 0 Å². The Kier molecular flexibility index (Phi) is 9.80. The van der Waals surface area contributed by atoms with Gasteiger partial charge in [-0.2, -0.15) is 0 Å². The normalized spacial score (nSPS) is 13.8. The average Bonchev–Trinajstić information content (AvgIpc) is 2.49. The zero-order chi connectivity index (χ0) is 10.8. The Bertz CT molecular complexity index is 290. The van der Waals surface area contributed by atoms with Crippen molar-refractivity contribution in [3.8, 4) is 0 Å². The Morgan fingerprint density at radius 3 is 1.81 bits per heavy atom. The Morgan fingerprint density at radius 1 is 1.06 bits per heavy atom. The summed E-state index contributed by atoms with van der Waals surface area (Å²) < 4.78 is 4.68. The summed E-state index contributed by atoms with van der Waals surface area (Å²) in [7, 11) is 0. The third-order valence-electron chi connectivity index (χ3n) is 2.13. The molecule has 5 heteroatoms. The molecule has 0 saturated carbocycles. The van der Waals surface area contributed by atoms with Gasteiger partial charge in [-0.1, -0.05) is 0 Å². The van der Waals surface area contributed by atoms with E-state index < -0.39 is 16.9 Å². The first-order valence-electron chi connectivity index (χ1n) is 5.21. The molecule has 1 aliphatic carbocycles. The standard InChI is InChI=1S/C5H5.C4H10N.C2H6Si.2ClH.Ti/c1-2-4-5-3-1;1-4(2,3)5;1-3-2;;;/h1-5H;5H,1-3H3;1-2H3;2*1H;/q;-1;;;;+3/p-2. The number of halogens is 2. The van der Waals surface area contributed by atoms with E-state index >= 15 is 0 Å². The predicted molar refractivity (Wildman–Crippen MR) is 62.4 cm³/mol. The molecule has 0 aromatic rings. The van der Waals surface area contributed by atoms with Gasteiger partial charge in [-0.15, -0.1) is 0 Å². The van der Waals surface area contributed by atoms with E-state index in [-0.39, 0.29) is 31.0 Å². The van der Waals surface area contributed by atoms with Gasteiger partial charge in [0.25, 0.3) is 0 Å². The van der Waals surface area contributed by atoms with Crippen LogP contribution in [0.1, 0.15) is 20.8 Å². The van der Waals surface area contributed by atoms with Crippen molar-refractivity contribution < 1.29 is 41.7 Å². The van der Waals surface area contributed by atoms with Crippen LogP contribution in [0.3, 0.4) is 0 Å². The Labute approximate surface area is 119 Å². The van der Waals surface area contributed by atoms with E-state index in [0.717, 1.165) is 4.22 Å². The fourth-order valence-electron chi connectivity index (χ4n) is 1.57. The van der Waals surface area contributed by atoms with E-state index in [9.17, 15) is 0 Å². The molecule has 0 aliphatic heterocycles. The van der Waals surface area contributed by atoms with Gasteiger partial charge in [-0.25, -0.2) is 0 Å². The summed E-state index contributed by atoms with van der Waals surface area (Å²) in [5.41, 5.74) is 0.293. The van der Waals surface area contributed by atoms with Crippen molar-refractivity contribution in [1.82, 2.24) is 3.80 Å². The van der Waals surface area contributed by atoms with Crippen LogP contribution in [-0.4, -0.2) is 11.7 Å². The van der Waals surface area contributed by atoms with Crippen molar-refractivity contribution in [2.75, 3.05) is 0 Å². The van der Waals surface area contributed by atoms with Crippen LogP contribution in [0.5, 0.6) is 0 Å². The minimum atomic E-state index is -1.10. The molecule has 0 spiro atoms. The van der Waals surface area contributed by atoms with Crippen molar-refractivity contribution in [2.45, 2.75) is 43.6 Å². The molecule has 0 saturated heterocycles. The summed E-state index contributed by atoms with van der Waals surface area (Å²) in [5, 5.41) is 0. The van der Waals surface area contributed by atoms with Crippen LogP contribution in [-0.2, 0) is 16.9 Å². The first-order valence-corrected chi connectivity index (χ1v) is 11.7. The van der Waals surface area contributed by atoms with Gasteiger partial charge in [0.15, 0.2) is 0 Å². The second kappa shape index (κ2) is 8.12. The van der Waals surface area contributed by atoms with E-state index in [2.05, 4.69) is 62.0 Å². The van der Waals surface area contributed by atoms with Gasteiger partial charge >= 0.3 is 94.8 Å². The zero-order valence-corrected chi connectivity index (χ0v) is 14.7. The average molecular weight is 314 g/mol. The maximum absolute atomic E-state index is 3.91. The SMILES string of the molecule is C[Si](C)=[Ti+2]([NH]C(C)(C)C)[CH]1C=CC=C1.[Cl-].[Cl-]. The Hall–Kier alpha value is 0.951. The molecule has 0 bridgehead atoms. The van der Waals surface area contributed by atoms with Crippen molar-refractivity contribution in [2.24, 2.45) is 0 Å². The molecular formula is C11H21Cl2NSiTi. The maximum Gasteiger partial charge on any atom is -1.00 e. The van der Waals surface area contributed by atoms with Crippen molar-refractivity contribution in [3.63, 3.8) is 0 Å². The minimum absolute atomic E-state index is 0. The van der Waals surface area contributed by atoms with Crippen LogP contribution in [0, 0.1) is 0 Å². The quantitative estimate of drug-likeness (QED) is 0.539. The van der Waals surface area contributed by atoms with E-state index in [0.29, 0.717) is 5.54 Å². The molecule has 92 valence electrons. The third-order valence-corrected chi connectivity index (χ3v) is 13.4. The number of hydrogen-bond acceptors (Lipinski definition) is 1. The van der Waals surface area contributed by atoms with Gasteiger partial charge < -0.3 is 24.8 Å². The summed E-state index contributed by atoms with van der Waals surface area (Å²) in [6.45, 7) is 11.8. The molecule has 0 heterocycles. The van der Waals surface area contributed by atoms with Gasteiger partial charge in [-0.3, -0.25) is 0 Å². The molecule has 1 N–H and O–H groups in total. The maximum atomic E-state index is 3.91. The number of rotatable bonds is 2. The van der Waals surface area contributed by atoms with Crippen LogP contribution in [0.25, 0.3) is 0 Å². The van der Waals surface area contributed by atoms with E-state index in [1.54, 1.807) is 0 Å². The number of hydrogen-bond donors (Lipinski definition) is 1. The second-order valence-electron chi connectivity index (χ2n) is 5.08. The molecule has 16 heavy (non-hydrogen) atoms. The molecule has 1 rings (SSSR count). The first-order chi connectivity index (χ1) is 6.40. The van der Waals surface area contributed by atoms with Gasteiger partial charge in [-0.05, 0) is 0 Å². The fraction of sp³-hybridized carbons (Fsp3) is 0.636. The van der Waals surface area contributed by atoms with Crippen LogP contribution >= 0.6 is 0 Å². The third kappa shape index (κ3) is 6.63. The van der Waals surface area contributed by atoms with Gasteiger partial charge in [0.05, 0.1) is 0 Å². The van der Waals surface area contributed by atoms with Gasteiger partial charge in [0.1, 0.15) is 0 Å². The van der Waals surface area contributed by atoms with E-state index in [1.165, 1.54) is 0 Å².